The van der Waals surface area contributed by atoms with Crippen molar-refractivity contribution >= 4 is 12.4 Å². The first kappa shape index (κ1) is 13.8. The number of hydrogen-bond donors (Lipinski definition) is 2. The molecule has 0 aliphatic heterocycles. The van der Waals surface area contributed by atoms with Crippen LogP contribution in [-0.2, 0) is 16.1 Å². The van der Waals surface area contributed by atoms with E-state index >= 15 is 0 Å². The van der Waals surface area contributed by atoms with Gasteiger partial charge in [-0.05, 0) is 5.56 Å². The number of nitrogens with one attached hydrogen (secondary N) is 1. The minimum Gasteiger partial charge on any atom is -0.481 e. The van der Waals surface area contributed by atoms with Crippen molar-refractivity contribution in [1.29, 1.82) is 0 Å². The van der Waals surface area contributed by atoms with Gasteiger partial charge in [0, 0.05) is 11.8 Å². The topological polar surface area (TPSA) is 84.2 Å². The van der Waals surface area contributed by atoms with Gasteiger partial charge in [-0.2, -0.15) is 5.10 Å². The molecule has 0 aliphatic rings. The van der Waals surface area contributed by atoms with Crippen molar-refractivity contribution in [2.24, 2.45) is 0 Å². The maximum atomic E-state index is 10.8. The Morgan fingerprint density at radius 1 is 1.40 bits per heavy atom. The van der Waals surface area contributed by atoms with Gasteiger partial charge in [-0.1, -0.05) is 30.3 Å². The molecule has 2 rings (SSSR count). The molecule has 1 atom stereocenters. The number of carboxylic acids is 1. The van der Waals surface area contributed by atoms with Crippen LogP contribution in [-0.4, -0.2) is 27.3 Å². The Balaban J connectivity index is 2.10. The number of carbonyl (C=O) groups is 2. The van der Waals surface area contributed by atoms with Crippen molar-refractivity contribution in [3.63, 3.8) is 0 Å². The molecule has 6 heteroatoms. The van der Waals surface area contributed by atoms with Crippen molar-refractivity contribution in [2.75, 3.05) is 0 Å². The summed E-state index contributed by atoms with van der Waals surface area (Å²) in [6, 6.07) is 9.24. The fraction of sp³-hybridized carbons (Fsp3) is 0.214. The van der Waals surface area contributed by atoms with Crippen LogP contribution in [0.15, 0.2) is 42.7 Å². The zero-order valence-electron chi connectivity index (χ0n) is 10.8. The predicted molar refractivity (Wildman–Crippen MR) is 72.0 cm³/mol. The highest BCUT2D eigenvalue weighted by molar-refractivity contribution is 5.68. The molecule has 0 unspecified atom stereocenters. The summed E-state index contributed by atoms with van der Waals surface area (Å²) in [5.74, 6) is -0.972. The molecule has 1 amide bonds. The van der Waals surface area contributed by atoms with Gasteiger partial charge in [-0.15, -0.1) is 0 Å². The molecule has 1 aromatic carbocycles. The van der Waals surface area contributed by atoms with Gasteiger partial charge >= 0.3 is 5.97 Å². The number of aliphatic carboxylic acids is 1. The van der Waals surface area contributed by atoms with E-state index in [1.807, 2.05) is 30.3 Å². The maximum absolute atomic E-state index is 10.8. The van der Waals surface area contributed by atoms with Crippen molar-refractivity contribution in [1.82, 2.24) is 15.1 Å². The number of rotatable bonds is 7. The fourth-order valence-electron chi connectivity index (χ4n) is 1.95. The minimum atomic E-state index is -0.972. The number of benzene rings is 1. The van der Waals surface area contributed by atoms with Gasteiger partial charge in [0.25, 0.3) is 0 Å². The number of aromatic nitrogens is 2. The number of nitrogens with zero attached hydrogens (tertiary/aromatic N) is 2. The van der Waals surface area contributed by atoms with Gasteiger partial charge in [0.15, 0.2) is 0 Å². The van der Waals surface area contributed by atoms with Crippen LogP contribution in [0.4, 0.5) is 0 Å². The molecule has 0 saturated heterocycles. The Morgan fingerprint density at radius 3 is 2.80 bits per heavy atom. The van der Waals surface area contributed by atoms with Crippen LogP contribution in [0.5, 0.6) is 0 Å². The van der Waals surface area contributed by atoms with E-state index in [0.717, 1.165) is 5.56 Å². The zero-order chi connectivity index (χ0) is 14.4. The van der Waals surface area contributed by atoms with Crippen LogP contribution >= 0.6 is 0 Å². The molecule has 2 N–H and O–H groups in total. The molecule has 104 valence electrons. The van der Waals surface area contributed by atoms with Crippen LogP contribution in [0.1, 0.15) is 23.6 Å². The first-order chi connectivity index (χ1) is 9.69. The number of hydrogen-bond acceptors (Lipinski definition) is 3. The maximum Gasteiger partial charge on any atom is 0.305 e. The highest BCUT2D eigenvalue weighted by Crippen LogP contribution is 2.16. The van der Waals surface area contributed by atoms with Gasteiger partial charge in [0.05, 0.1) is 25.2 Å². The van der Waals surface area contributed by atoms with Crippen molar-refractivity contribution in [2.45, 2.75) is 19.0 Å². The minimum absolute atomic E-state index is 0.171. The van der Waals surface area contributed by atoms with E-state index in [4.69, 9.17) is 5.11 Å². The number of carbonyl (C=O) groups excluding carboxylic acids is 1. The molecule has 1 aromatic heterocycles. The normalized spacial score (nSPS) is 11.8. The number of amides is 1. The lowest BCUT2D eigenvalue weighted by Crippen LogP contribution is -2.22. The summed E-state index contributed by atoms with van der Waals surface area (Å²) < 4.78 is 1.71. The monoisotopic (exact) mass is 273 g/mol. The van der Waals surface area contributed by atoms with Crippen LogP contribution < -0.4 is 5.32 Å². The largest absolute Gasteiger partial charge is 0.481 e. The molecule has 0 fully saturated rings. The van der Waals surface area contributed by atoms with Gasteiger partial charge in [0.2, 0.25) is 6.41 Å². The molecule has 0 spiro atoms. The van der Waals surface area contributed by atoms with Crippen LogP contribution in [0, 0.1) is 0 Å². The average Bonchev–Trinajstić information content (AvgIpc) is 2.87. The van der Waals surface area contributed by atoms with E-state index in [0.29, 0.717) is 18.5 Å². The summed E-state index contributed by atoms with van der Waals surface area (Å²) in [7, 11) is 0. The summed E-state index contributed by atoms with van der Waals surface area (Å²) in [4.78, 5) is 21.3. The Labute approximate surface area is 116 Å². The fourth-order valence-corrected chi connectivity index (χ4v) is 1.95. The summed E-state index contributed by atoms with van der Waals surface area (Å²) in [5, 5.41) is 15.5. The van der Waals surface area contributed by atoms with Crippen LogP contribution in [0.25, 0.3) is 0 Å². The lowest BCUT2D eigenvalue weighted by Gasteiger charge is -2.11. The van der Waals surface area contributed by atoms with E-state index in [2.05, 4.69) is 10.4 Å². The Kier molecular flexibility index (Phi) is 4.49. The molecule has 20 heavy (non-hydrogen) atoms. The van der Waals surface area contributed by atoms with E-state index < -0.39 is 12.0 Å². The summed E-state index contributed by atoms with van der Waals surface area (Å²) in [6.07, 6.45) is 3.65. The second-order valence-electron chi connectivity index (χ2n) is 4.39. The second-order valence-corrected chi connectivity index (χ2v) is 4.39. The smallest absolute Gasteiger partial charge is 0.305 e. The number of carboxylic acid groups (broad SMARTS) is 1. The Bertz CT molecular complexity index is 580. The molecule has 0 bridgehead atoms. The van der Waals surface area contributed by atoms with Crippen LogP contribution in [0.3, 0.4) is 0 Å². The second kappa shape index (κ2) is 6.51. The lowest BCUT2D eigenvalue weighted by molar-refractivity contribution is -0.137. The highest BCUT2D eigenvalue weighted by Gasteiger charge is 2.16. The molecular weight excluding hydrogens is 258 g/mol. The predicted octanol–water partition coefficient (Wildman–Crippen LogP) is 1.19. The van der Waals surface area contributed by atoms with Gasteiger partial charge in [0.1, 0.15) is 0 Å². The van der Waals surface area contributed by atoms with Crippen LogP contribution in [0.2, 0.25) is 0 Å². The van der Waals surface area contributed by atoms with Crippen molar-refractivity contribution < 1.29 is 14.7 Å². The van der Waals surface area contributed by atoms with E-state index in [-0.39, 0.29) is 6.42 Å². The van der Waals surface area contributed by atoms with Gasteiger partial charge in [-0.25, -0.2) is 0 Å². The SMILES string of the molecule is O=CN[C@@H](CC(=O)O)c1cnn(Cc2ccccc2)c1. The van der Waals surface area contributed by atoms with Gasteiger partial charge in [-0.3, -0.25) is 14.3 Å². The standard InChI is InChI=1S/C14H15N3O3/c18-10-15-13(6-14(19)20)12-7-16-17(9-12)8-11-4-2-1-3-5-11/h1-5,7,9-10,13H,6,8H2,(H,15,18)(H,19,20)/t13-/m0/s1. The third-order valence-corrected chi connectivity index (χ3v) is 2.89. The van der Waals surface area contributed by atoms with E-state index in [1.54, 1.807) is 17.1 Å². The van der Waals surface area contributed by atoms with Gasteiger partial charge < -0.3 is 10.4 Å². The highest BCUT2D eigenvalue weighted by atomic mass is 16.4. The first-order valence-electron chi connectivity index (χ1n) is 6.17. The average molecular weight is 273 g/mol. The first-order valence-corrected chi connectivity index (χ1v) is 6.17. The third-order valence-electron chi connectivity index (χ3n) is 2.89. The molecule has 0 aliphatic carbocycles. The molecule has 0 radical (unpaired) electrons. The molecule has 1 heterocycles. The summed E-state index contributed by atoms with van der Waals surface area (Å²) in [6.45, 7) is 0.599. The summed E-state index contributed by atoms with van der Waals surface area (Å²) in [5.41, 5.74) is 1.77. The Morgan fingerprint density at radius 2 is 2.15 bits per heavy atom. The molecule has 2 aromatic rings. The molecular formula is C14H15N3O3. The van der Waals surface area contributed by atoms with Crippen molar-refractivity contribution in [3.05, 3.63) is 53.9 Å². The molecule has 0 saturated carbocycles. The summed E-state index contributed by atoms with van der Waals surface area (Å²) >= 11 is 0. The quantitative estimate of drug-likeness (QED) is 0.742. The molecule has 6 nitrogen and oxygen atoms in total. The lowest BCUT2D eigenvalue weighted by atomic mass is 10.1. The Hall–Kier alpha value is -2.63. The van der Waals surface area contributed by atoms with Crippen molar-refractivity contribution in [3.8, 4) is 0 Å². The third kappa shape index (κ3) is 3.68. The zero-order valence-corrected chi connectivity index (χ0v) is 10.8. The van der Waals surface area contributed by atoms with E-state index in [1.165, 1.54) is 0 Å². The van der Waals surface area contributed by atoms with E-state index in [9.17, 15) is 9.59 Å².